The van der Waals surface area contributed by atoms with Crippen LogP contribution in [0.3, 0.4) is 0 Å². The van der Waals surface area contributed by atoms with Crippen LogP contribution in [-0.2, 0) is 6.42 Å². The molecule has 100 valence electrons. The quantitative estimate of drug-likeness (QED) is 0.838. The number of nitrogens with one attached hydrogen (secondary N) is 1. The highest BCUT2D eigenvalue weighted by Gasteiger charge is 2.22. The van der Waals surface area contributed by atoms with E-state index in [1.165, 1.54) is 16.7 Å². The van der Waals surface area contributed by atoms with Crippen molar-refractivity contribution in [2.75, 3.05) is 6.54 Å². The van der Waals surface area contributed by atoms with Gasteiger partial charge in [0, 0.05) is 12.6 Å². The summed E-state index contributed by atoms with van der Waals surface area (Å²) in [6.45, 7) is 7.15. The average molecular weight is 247 g/mol. The molecule has 2 unspecified atom stereocenters. The van der Waals surface area contributed by atoms with Crippen molar-refractivity contribution in [3.05, 3.63) is 34.9 Å². The maximum Gasteiger partial charge on any atom is 0.0667 e. The van der Waals surface area contributed by atoms with Crippen molar-refractivity contribution in [2.45, 2.75) is 52.2 Å². The normalized spacial score (nSPS) is 20.2. The minimum atomic E-state index is -0.223. The largest absolute Gasteiger partial charge is 0.392 e. The van der Waals surface area contributed by atoms with E-state index < -0.39 is 0 Å². The van der Waals surface area contributed by atoms with Gasteiger partial charge < -0.3 is 10.4 Å². The van der Waals surface area contributed by atoms with Crippen molar-refractivity contribution in [1.82, 2.24) is 5.32 Å². The Morgan fingerprint density at radius 1 is 1.39 bits per heavy atom. The van der Waals surface area contributed by atoms with Gasteiger partial charge in [-0.3, -0.25) is 0 Å². The Bertz CT molecular complexity index is 400. The molecule has 1 aliphatic rings. The summed E-state index contributed by atoms with van der Waals surface area (Å²) in [7, 11) is 0. The summed E-state index contributed by atoms with van der Waals surface area (Å²) in [6, 6.07) is 7.15. The number of aliphatic hydroxyl groups is 1. The molecule has 0 heterocycles. The van der Waals surface area contributed by atoms with Gasteiger partial charge >= 0.3 is 0 Å². The fourth-order valence-corrected chi connectivity index (χ4v) is 2.84. The third-order valence-electron chi connectivity index (χ3n) is 3.72. The number of rotatable bonds is 5. The summed E-state index contributed by atoms with van der Waals surface area (Å²) in [5.74, 6) is 0.555. The third kappa shape index (κ3) is 3.33. The van der Waals surface area contributed by atoms with Crippen LogP contribution in [0.4, 0.5) is 0 Å². The first kappa shape index (κ1) is 13.6. The van der Waals surface area contributed by atoms with E-state index in [0.717, 1.165) is 19.3 Å². The van der Waals surface area contributed by atoms with Crippen molar-refractivity contribution in [2.24, 2.45) is 5.92 Å². The number of aliphatic hydroxyl groups excluding tert-OH is 1. The molecule has 0 radical (unpaired) electrons. The number of hydrogen-bond acceptors (Lipinski definition) is 2. The van der Waals surface area contributed by atoms with E-state index in [-0.39, 0.29) is 6.10 Å². The van der Waals surface area contributed by atoms with Gasteiger partial charge in [0.1, 0.15) is 0 Å². The SMILES string of the molecule is Cc1ccc2c(c1)C(NCC(O)CC(C)C)CC2. The molecule has 0 bridgehead atoms. The van der Waals surface area contributed by atoms with Gasteiger partial charge in [-0.1, -0.05) is 37.6 Å². The lowest BCUT2D eigenvalue weighted by atomic mass is 10.0. The van der Waals surface area contributed by atoms with Gasteiger partial charge in [0.2, 0.25) is 0 Å². The zero-order valence-electron chi connectivity index (χ0n) is 11.7. The van der Waals surface area contributed by atoms with Crippen molar-refractivity contribution in [1.29, 1.82) is 0 Å². The molecule has 0 amide bonds. The second-order valence-electron chi connectivity index (χ2n) is 5.99. The third-order valence-corrected chi connectivity index (χ3v) is 3.72. The fourth-order valence-electron chi connectivity index (χ4n) is 2.84. The topological polar surface area (TPSA) is 32.3 Å². The van der Waals surface area contributed by atoms with Crippen molar-refractivity contribution in [3.8, 4) is 0 Å². The molecule has 0 spiro atoms. The molecule has 1 aliphatic carbocycles. The summed E-state index contributed by atoms with van der Waals surface area (Å²) in [5, 5.41) is 13.4. The summed E-state index contributed by atoms with van der Waals surface area (Å²) < 4.78 is 0. The van der Waals surface area contributed by atoms with Gasteiger partial charge in [0.25, 0.3) is 0 Å². The van der Waals surface area contributed by atoms with Crippen LogP contribution in [0.1, 0.15) is 49.4 Å². The zero-order valence-corrected chi connectivity index (χ0v) is 11.7. The Morgan fingerprint density at radius 2 is 2.17 bits per heavy atom. The van der Waals surface area contributed by atoms with Gasteiger partial charge in [-0.05, 0) is 43.2 Å². The summed E-state index contributed by atoms with van der Waals surface area (Å²) in [6.07, 6.45) is 2.97. The maximum atomic E-state index is 9.92. The van der Waals surface area contributed by atoms with Crippen LogP contribution in [0.5, 0.6) is 0 Å². The van der Waals surface area contributed by atoms with Crippen LogP contribution in [-0.4, -0.2) is 17.8 Å². The number of fused-ring (bicyclic) bond motifs is 1. The smallest absolute Gasteiger partial charge is 0.0667 e. The molecule has 0 aromatic heterocycles. The van der Waals surface area contributed by atoms with E-state index >= 15 is 0 Å². The van der Waals surface area contributed by atoms with Crippen molar-refractivity contribution in [3.63, 3.8) is 0 Å². The fraction of sp³-hybridized carbons (Fsp3) is 0.625. The number of benzene rings is 1. The monoisotopic (exact) mass is 247 g/mol. The molecule has 2 rings (SSSR count). The summed E-state index contributed by atoms with van der Waals surface area (Å²) in [4.78, 5) is 0. The second kappa shape index (κ2) is 5.85. The average Bonchev–Trinajstić information content (AvgIpc) is 2.68. The van der Waals surface area contributed by atoms with Crippen LogP contribution >= 0.6 is 0 Å². The highest BCUT2D eigenvalue weighted by atomic mass is 16.3. The zero-order chi connectivity index (χ0) is 13.1. The van der Waals surface area contributed by atoms with E-state index in [0.29, 0.717) is 18.5 Å². The molecule has 0 fully saturated rings. The van der Waals surface area contributed by atoms with Crippen LogP contribution in [0.2, 0.25) is 0 Å². The van der Waals surface area contributed by atoms with E-state index in [1.807, 2.05) is 0 Å². The predicted molar refractivity (Wildman–Crippen MR) is 75.7 cm³/mol. The lowest BCUT2D eigenvalue weighted by Gasteiger charge is -2.19. The van der Waals surface area contributed by atoms with Crippen molar-refractivity contribution < 1.29 is 5.11 Å². The van der Waals surface area contributed by atoms with Gasteiger partial charge in [-0.15, -0.1) is 0 Å². The summed E-state index contributed by atoms with van der Waals surface area (Å²) in [5.41, 5.74) is 4.23. The number of hydrogen-bond donors (Lipinski definition) is 2. The molecule has 2 atom stereocenters. The highest BCUT2D eigenvalue weighted by molar-refractivity contribution is 5.37. The van der Waals surface area contributed by atoms with Crippen LogP contribution in [0.15, 0.2) is 18.2 Å². The predicted octanol–water partition coefficient (Wildman–Crippen LogP) is 2.98. The highest BCUT2D eigenvalue weighted by Crippen LogP contribution is 2.31. The van der Waals surface area contributed by atoms with Gasteiger partial charge in [-0.25, -0.2) is 0 Å². The first-order valence-corrected chi connectivity index (χ1v) is 7.07. The van der Waals surface area contributed by atoms with Gasteiger partial charge in [0.05, 0.1) is 6.10 Å². The molecule has 0 aliphatic heterocycles. The van der Waals surface area contributed by atoms with E-state index in [4.69, 9.17) is 0 Å². The Balaban J connectivity index is 1.91. The molecule has 0 saturated carbocycles. The molecule has 2 nitrogen and oxygen atoms in total. The Hall–Kier alpha value is -0.860. The maximum absolute atomic E-state index is 9.92. The second-order valence-corrected chi connectivity index (χ2v) is 5.99. The minimum Gasteiger partial charge on any atom is -0.392 e. The molecular weight excluding hydrogens is 222 g/mol. The van der Waals surface area contributed by atoms with Crippen LogP contribution in [0, 0.1) is 12.8 Å². The van der Waals surface area contributed by atoms with Crippen LogP contribution in [0.25, 0.3) is 0 Å². The molecule has 1 aromatic carbocycles. The lowest BCUT2D eigenvalue weighted by Crippen LogP contribution is -2.30. The van der Waals surface area contributed by atoms with Crippen molar-refractivity contribution >= 4 is 0 Å². The van der Waals surface area contributed by atoms with E-state index in [1.54, 1.807) is 0 Å². The molecule has 0 saturated heterocycles. The molecule has 18 heavy (non-hydrogen) atoms. The Morgan fingerprint density at radius 3 is 2.89 bits per heavy atom. The summed E-state index contributed by atoms with van der Waals surface area (Å²) >= 11 is 0. The first-order chi connectivity index (χ1) is 8.56. The molecule has 2 N–H and O–H groups in total. The van der Waals surface area contributed by atoms with E-state index in [2.05, 4.69) is 44.3 Å². The van der Waals surface area contributed by atoms with Crippen LogP contribution < -0.4 is 5.32 Å². The Kier molecular flexibility index (Phi) is 4.41. The molecule has 2 heteroatoms. The Labute approximate surface area is 110 Å². The lowest BCUT2D eigenvalue weighted by molar-refractivity contribution is 0.142. The van der Waals surface area contributed by atoms with Gasteiger partial charge in [-0.2, -0.15) is 0 Å². The molecular formula is C16H25NO. The molecule has 1 aromatic rings. The minimum absolute atomic E-state index is 0.223. The first-order valence-electron chi connectivity index (χ1n) is 7.07. The number of aryl methyl sites for hydroxylation is 2. The van der Waals surface area contributed by atoms with E-state index in [9.17, 15) is 5.11 Å². The standard InChI is InChI=1S/C16H25NO/c1-11(2)8-14(18)10-17-16-7-6-13-5-4-12(3)9-15(13)16/h4-5,9,11,14,16-18H,6-8,10H2,1-3H3. The van der Waals surface area contributed by atoms with Gasteiger partial charge in [0.15, 0.2) is 0 Å².